The Bertz CT molecular complexity index is 481. The van der Waals surface area contributed by atoms with Crippen LogP contribution in [0.25, 0.3) is 0 Å². The molecule has 1 saturated heterocycles. The molecule has 5 nitrogen and oxygen atoms in total. The maximum Gasteiger partial charge on any atom is 0.338 e. The van der Waals surface area contributed by atoms with Gasteiger partial charge in [0, 0.05) is 6.42 Å². The molecule has 2 unspecified atom stereocenters. The van der Waals surface area contributed by atoms with Gasteiger partial charge in [0.05, 0.1) is 33.4 Å². The van der Waals surface area contributed by atoms with Gasteiger partial charge in [-0.05, 0) is 24.6 Å². The number of methoxy groups -OCH3 is 2. The van der Waals surface area contributed by atoms with Gasteiger partial charge in [-0.15, -0.1) is 0 Å². The number of hydrogen-bond acceptors (Lipinski definition) is 4. The Hall–Kier alpha value is -1.46. The molecular formula is C15H22ClNO4. The first-order valence-corrected chi connectivity index (χ1v) is 6.88. The number of rotatable bonds is 4. The first-order chi connectivity index (χ1) is 9.63. The largest absolute Gasteiger partial charge is 1.00 e. The number of likely N-dealkylation sites (tertiary alicyclic amines) is 1. The van der Waals surface area contributed by atoms with E-state index in [2.05, 4.69) is 7.05 Å². The number of likely N-dealkylation sites (N-methyl/N-ethyl adjacent to an activating group) is 1. The lowest BCUT2D eigenvalue weighted by Crippen LogP contribution is -3.11. The van der Waals surface area contributed by atoms with Crippen molar-refractivity contribution in [3.63, 3.8) is 0 Å². The molecule has 0 bridgehead atoms. The molecule has 21 heavy (non-hydrogen) atoms. The third kappa shape index (κ3) is 4.51. The lowest BCUT2D eigenvalue weighted by Gasteiger charge is -2.26. The van der Waals surface area contributed by atoms with Crippen LogP contribution >= 0.6 is 0 Å². The summed E-state index contributed by atoms with van der Waals surface area (Å²) in [5, 5.41) is 0. The van der Waals surface area contributed by atoms with Crippen LogP contribution in [0, 0.1) is 0 Å². The molecule has 1 heterocycles. The molecule has 1 aromatic rings. The van der Waals surface area contributed by atoms with Crippen molar-refractivity contribution in [2.75, 3.05) is 34.4 Å². The monoisotopic (exact) mass is 315 g/mol. The molecule has 118 valence electrons. The van der Waals surface area contributed by atoms with Crippen molar-refractivity contribution < 1.29 is 36.3 Å². The second-order valence-electron chi connectivity index (χ2n) is 5.15. The Morgan fingerprint density at radius 3 is 2.57 bits per heavy atom. The molecule has 0 saturated carbocycles. The van der Waals surface area contributed by atoms with Crippen LogP contribution in [0.2, 0.25) is 0 Å². The average molecular weight is 316 g/mol. The van der Waals surface area contributed by atoms with Crippen LogP contribution < -0.4 is 26.8 Å². The standard InChI is InChI=1S/C15H21NO4.ClH/c1-16-8-4-5-12(10-16)20-15(17)11-6-7-13(18-2)14(9-11)19-3;/h6-7,9,12H,4-5,8,10H2,1-3H3;1H. The van der Waals surface area contributed by atoms with Gasteiger partial charge in [-0.25, -0.2) is 4.79 Å². The summed E-state index contributed by atoms with van der Waals surface area (Å²) in [6.45, 7) is 2.02. The number of benzene rings is 1. The van der Waals surface area contributed by atoms with E-state index in [1.807, 2.05) is 0 Å². The van der Waals surface area contributed by atoms with Crippen LogP contribution in [0.4, 0.5) is 0 Å². The molecule has 6 heteroatoms. The van der Waals surface area contributed by atoms with E-state index in [1.54, 1.807) is 32.4 Å². The molecular weight excluding hydrogens is 294 g/mol. The second-order valence-corrected chi connectivity index (χ2v) is 5.15. The first-order valence-electron chi connectivity index (χ1n) is 6.88. The number of halogens is 1. The fourth-order valence-electron chi connectivity index (χ4n) is 2.51. The molecule has 0 radical (unpaired) electrons. The van der Waals surface area contributed by atoms with Gasteiger partial charge in [-0.1, -0.05) is 0 Å². The Kier molecular flexibility index (Phi) is 6.78. The van der Waals surface area contributed by atoms with E-state index in [4.69, 9.17) is 14.2 Å². The molecule has 2 atom stereocenters. The van der Waals surface area contributed by atoms with Gasteiger partial charge in [0.2, 0.25) is 0 Å². The average Bonchev–Trinajstić information content (AvgIpc) is 2.46. The van der Waals surface area contributed by atoms with Crippen molar-refractivity contribution in [3.8, 4) is 11.5 Å². The SMILES string of the molecule is COc1ccc(C(=O)OC2CCC[NH+](C)C2)cc1OC.[Cl-]. The highest BCUT2D eigenvalue weighted by Gasteiger charge is 2.24. The summed E-state index contributed by atoms with van der Waals surface area (Å²) in [5.41, 5.74) is 0.492. The number of nitrogens with one attached hydrogen (secondary N) is 1. The van der Waals surface area contributed by atoms with Gasteiger partial charge in [0.15, 0.2) is 17.6 Å². The molecule has 1 aromatic carbocycles. The van der Waals surface area contributed by atoms with E-state index in [0.717, 1.165) is 25.9 Å². The van der Waals surface area contributed by atoms with Gasteiger partial charge in [-0.2, -0.15) is 0 Å². The van der Waals surface area contributed by atoms with Crippen molar-refractivity contribution in [1.82, 2.24) is 0 Å². The van der Waals surface area contributed by atoms with Crippen molar-refractivity contribution in [3.05, 3.63) is 23.8 Å². The quantitative estimate of drug-likeness (QED) is 0.626. The Labute approximate surface area is 131 Å². The van der Waals surface area contributed by atoms with Gasteiger partial charge in [0.25, 0.3) is 0 Å². The van der Waals surface area contributed by atoms with Crippen LogP contribution in [0.1, 0.15) is 23.2 Å². The van der Waals surface area contributed by atoms with E-state index >= 15 is 0 Å². The van der Waals surface area contributed by atoms with E-state index < -0.39 is 0 Å². The van der Waals surface area contributed by atoms with Crippen LogP contribution in [0.5, 0.6) is 11.5 Å². The van der Waals surface area contributed by atoms with Crippen LogP contribution in [0.3, 0.4) is 0 Å². The summed E-state index contributed by atoms with van der Waals surface area (Å²) in [6, 6.07) is 5.07. The molecule has 1 fully saturated rings. The van der Waals surface area contributed by atoms with Gasteiger partial charge >= 0.3 is 5.97 Å². The third-order valence-electron chi connectivity index (χ3n) is 3.60. The minimum Gasteiger partial charge on any atom is -1.00 e. The molecule has 1 aliphatic heterocycles. The normalized spacial score (nSPS) is 21.1. The molecule has 1 N–H and O–H groups in total. The van der Waals surface area contributed by atoms with E-state index in [1.165, 1.54) is 4.90 Å². The molecule has 1 aliphatic rings. The van der Waals surface area contributed by atoms with Crippen molar-refractivity contribution >= 4 is 5.97 Å². The van der Waals surface area contributed by atoms with Crippen molar-refractivity contribution in [2.24, 2.45) is 0 Å². The zero-order valence-corrected chi connectivity index (χ0v) is 13.4. The number of ether oxygens (including phenoxy) is 3. The highest BCUT2D eigenvalue weighted by molar-refractivity contribution is 5.90. The Morgan fingerprint density at radius 2 is 1.95 bits per heavy atom. The van der Waals surface area contributed by atoms with E-state index in [-0.39, 0.29) is 24.5 Å². The zero-order valence-electron chi connectivity index (χ0n) is 12.6. The molecule has 0 aromatic heterocycles. The predicted molar refractivity (Wildman–Crippen MR) is 74.6 cm³/mol. The summed E-state index contributed by atoms with van der Waals surface area (Å²) < 4.78 is 15.9. The highest BCUT2D eigenvalue weighted by atomic mass is 35.5. The fourth-order valence-corrected chi connectivity index (χ4v) is 2.51. The van der Waals surface area contributed by atoms with Gasteiger partial charge in [-0.3, -0.25) is 0 Å². The van der Waals surface area contributed by atoms with Gasteiger partial charge in [0.1, 0.15) is 6.54 Å². The van der Waals surface area contributed by atoms with Crippen molar-refractivity contribution in [2.45, 2.75) is 18.9 Å². The number of esters is 1. The highest BCUT2D eigenvalue weighted by Crippen LogP contribution is 2.28. The van der Waals surface area contributed by atoms with Crippen molar-refractivity contribution in [1.29, 1.82) is 0 Å². The summed E-state index contributed by atoms with van der Waals surface area (Å²) >= 11 is 0. The molecule has 0 amide bonds. The molecule has 2 rings (SSSR count). The summed E-state index contributed by atoms with van der Waals surface area (Å²) in [7, 11) is 5.24. The van der Waals surface area contributed by atoms with E-state index in [0.29, 0.717) is 17.1 Å². The fraction of sp³-hybridized carbons (Fsp3) is 0.533. The number of carbonyl (C=O) groups is 1. The minimum absolute atomic E-state index is 0. The predicted octanol–water partition coefficient (Wildman–Crippen LogP) is -2.46. The third-order valence-corrected chi connectivity index (χ3v) is 3.60. The summed E-state index contributed by atoms with van der Waals surface area (Å²) in [6.07, 6.45) is 2.04. The Morgan fingerprint density at radius 1 is 1.24 bits per heavy atom. The molecule has 0 aliphatic carbocycles. The number of quaternary nitrogens is 1. The topological polar surface area (TPSA) is 49.2 Å². The number of hydrogen-bond donors (Lipinski definition) is 1. The molecule has 0 spiro atoms. The smallest absolute Gasteiger partial charge is 0.338 e. The lowest BCUT2D eigenvalue weighted by molar-refractivity contribution is -0.888. The van der Waals surface area contributed by atoms with Crippen LogP contribution in [0.15, 0.2) is 18.2 Å². The summed E-state index contributed by atoms with van der Waals surface area (Å²) in [4.78, 5) is 13.6. The lowest BCUT2D eigenvalue weighted by atomic mass is 10.1. The van der Waals surface area contributed by atoms with Crippen LogP contribution in [-0.4, -0.2) is 46.4 Å². The van der Waals surface area contributed by atoms with E-state index in [9.17, 15) is 4.79 Å². The maximum atomic E-state index is 12.2. The Balaban J connectivity index is 0.00000220. The first kappa shape index (κ1) is 17.6. The van der Waals surface area contributed by atoms with Gasteiger partial charge < -0.3 is 31.5 Å². The van der Waals surface area contributed by atoms with Crippen LogP contribution in [-0.2, 0) is 4.74 Å². The summed E-state index contributed by atoms with van der Waals surface area (Å²) in [5.74, 6) is 0.838. The number of piperidine rings is 1. The maximum absolute atomic E-state index is 12.2. The zero-order chi connectivity index (χ0) is 14.5. The second kappa shape index (κ2) is 8.10. The number of carbonyl (C=O) groups excluding carboxylic acids is 1. The minimum atomic E-state index is -0.300.